The van der Waals surface area contributed by atoms with Crippen molar-refractivity contribution in [2.24, 2.45) is 5.73 Å². The Balaban J connectivity index is 3.07. The Morgan fingerprint density at radius 2 is 1.50 bits per heavy atom. The van der Waals surface area contributed by atoms with Crippen LogP contribution in [0.25, 0.3) is 0 Å². The number of aromatic amines is 1. The standard InChI is InChI=1S/C18H26N6O10/c1-7(25)14(18(33)34)24-17(32)11(4-13(28)29)23-16(31)10(2-8-5-20-6-21-8)22-15(30)9(19)3-12(26)27/h5-7,9-11,14,25H,2-4,19H2,1H3,(H,20,21)(H,22,30)(H,23,31)(H,24,32)(H,26,27)(H,28,29)(H,33,34). The van der Waals surface area contributed by atoms with Crippen LogP contribution in [0.5, 0.6) is 0 Å². The van der Waals surface area contributed by atoms with Crippen LogP contribution in [0.4, 0.5) is 0 Å². The molecule has 1 rings (SSSR count). The average Bonchev–Trinajstić information content (AvgIpc) is 3.22. The van der Waals surface area contributed by atoms with Gasteiger partial charge in [0.2, 0.25) is 17.7 Å². The fraction of sp³-hybridized carbons (Fsp3) is 0.500. The van der Waals surface area contributed by atoms with Crippen LogP contribution < -0.4 is 21.7 Å². The number of nitrogens with zero attached hydrogens (tertiary/aromatic N) is 1. The summed E-state index contributed by atoms with van der Waals surface area (Å²) >= 11 is 0. The minimum absolute atomic E-state index is 0.218. The number of carboxylic acid groups (broad SMARTS) is 3. The molecule has 0 radical (unpaired) electrons. The van der Waals surface area contributed by atoms with Gasteiger partial charge in [-0.25, -0.2) is 9.78 Å². The number of carbonyl (C=O) groups is 6. The molecule has 10 N–H and O–H groups in total. The summed E-state index contributed by atoms with van der Waals surface area (Å²) in [7, 11) is 0. The summed E-state index contributed by atoms with van der Waals surface area (Å²) in [5.41, 5.74) is 5.85. The maximum absolute atomic E-state index is 12.8. The molecular weight excluding hydrogens is 460 g/mol. The summed E-state index contributed by atoms with van der Waals surface area (Å²) in [5.74, 6) is -7.72. The Morgan fingerprint density at radius 1 is 0.941 bits per heavy atom. The SMILES string of the molecule is CC(O)C(NC(=O)C(CC(=O)O)NC(=O)C(Cc1cnc[nH]1)NC(=O)C(N)CC(=O)O)C(=O)O. The highest BCUT2D eigenvalue weighted by Gasteiger charge is 2.33. The Kier molecular flexibility index (Phi) is 10.6. The number of aliphatic hydroxyl groups excluding tert-OH is 1. The third-order valence-corrected chi connectivity index (χ3v) is 4.40. The lowest BCUT2D eigenvalue weighted by atomic mass is 10.1. The zero-order chi connectivity index (χ0) is 26.0. The first-order valence-corrected chi connectivity index (χ1v) is 9.80. The van der Waals surface area contributed by atoms with Gasteiger partial charge in [-0.2, -0.15) is 0 Å². The van der Waals surface area contributed by atoms with Crippen molar-refractivity contribution < 1.29 is 49.2 Å². The fourth-order valence-corrected chi connectivity index (χ4v) is 2.68. The summed E-state index contributed by atoms with van der Waals surface area (Å²) in [6, 6.07) is -6.51. The molecular formula is C18H26N6O10. The summed E-state index contributed by atoms with van der Waals surface area (Å²) in [6.07, 6.45) is -0.830. The first-order valence-electron chi connectivity index (χ1n) is 9.80. The van der Waals surface area contributed by atoms with Gasteiger partial charge in [-0.05, 0) is 6.92 Å². The quantitative estimate of drug-likeness (QED) is 0.122. The van der Waals surface area contributed by atoms with Crippen molar-refractivity contribution in [2.45, 2.75) is 56.5 Å². The van der Waals surface area contributed by atoms with Gasteiger partial charge < -0.3 is 47.1 Å². The van der Waals surface area contributed by atoms with Crippen molar-refractivity contribution in [1.82, 2.24) is 25.9 Å². The smallest absolute Gasteiger partial charge is 0.328 e. The van der Waals surface area contributed by atoms with Crippen molar-refractivity contribution in [2.75, 3.05) is 0 Å². The van der Waals surface area contributed by atoms with E-state index in [9.17, 15) is 33.9 Å². The van der Waals surface area contributed by atoms with E-state index in [4.69, 9.17) is 21.1 Å². The number of aliphatic carboxylic acids is 3. The number of rotatable bonds is 14. The number of aromatic nitrogens is 2. The molecule has 0 bridgehead atoms. The molecule has 0 spiro atoms. The maximum Gasteiger partial charge on any atom is 0.328 e. The molecule has 0 saturated carbocycles. The lowest BCUT2D eigenvalue weighted by Gasteiger charge is -2.25. The molecule has 1 aromatic heterocycles. The number of nitrogens with two attached hydrogens (primary N) is 1. The second kappa shape index (κ2) is 12.9. The van der Waals surface area contributed by atoms with Crippen molar-refractivity contribution in [3.63, 3.8) is 0 Å². The molecule has 16 heteroatoms. The monoisotopic (exact) mass is 486 g/mol. The topological polar surface area (TPSA) is 274 Å². The van der Waals surface area contributed by atoms with Gasteiger partial charge in [-0.3, -0.25) is 24.0 Å². The second-order valence-corrected chi connectivity index (χ2v) is 7.27. The molecule has 0 fully saturated rings. The third-order valence-electron chi connectivity index (χ3n) is 4.40. The van der Waals surface area contributed by atoms with Crippen LogP contribution in [-0.4, -0.2) is 96.3 Å². The van der Waals surface area contributed by atoms with E-state index in [2.05, 4.69) is 20.6 Å². The maximum atomic E-state index is 12.8. The van der Waals surface area contributed by atoms with E-state index in [0.717, 1.165) is 6.92 Å². The van der Waals surface area contributed by atoms with E-state index in [0.29, 0.717) is 5.69 Å². The molecule has 5 unspecified atom stereocenters. The number of hydrogen-bond donors (Lipinski definition) is 9. The van der Waals surface area contributed by atoms with Gasteiger partial charge in [-0.1, -0.05) is 0 Å². The molecule has 0 aliphatic rings. The predicted octanol–water partition coefficient (Wildman–Crippen LogP) is -3.85. The summed E-state index contributed by atoms with van der Waals surface area (Å²) in [4.78, 5) is 77.2. The first-order chi connectivity index (χ1) is 15.8. The predicted molar refractivity (Wildman–Crippen MR) is 110 cm³/mol. The number of H-pyrrole nitrogens is 1. The molecule has 0 aliphatic carbocycles. The highest BCUT2D eigenvalue weighted by atomic mass is 16.4. The van der Waals surface area contributed by atoms with Crippen LogP contribution in [0.15, 0.2) is 12.5 Å². The van der Waals surface area contributed by atoms with E-state index in [1.807, 2.05) is 5.32 Å². The molecule has 1 heterocycles. The number of amides is 3. The highest BCUT2D eigenvalue weighted by molar-refractivity contribution is 5.96. The molecule has 3 amide bonds. The minimum Gasteiger partial charge on any atom is -0.481 e. The van der Waals surface area contributed by atoms with Crippen molar-refractivity contribution in [1.29, 1.82) is 0 Å². The fourth-order valence-electron chi connectivity index (χ4n) is 2.68. The Bertz CT molecular complexity index is 903. The largest absolute Gasteiger partial charge is 0.481 e. The van der Waals surface area contributed by atoms with Crippen LogP contribution in [0.2, 0.25) is 0 Å². The third kappa shape index (κ3) is 9.21. The molecule has 16 nitrogen and oxygen atoms in total. The van der Waals surface area contributed by atoms with Crippen LogP contribution in [0.3, 0.4) is 0 Å². The molecule has 34 heavy (non-hydrogen) atoms. The Labute approximate surface area is 191 Å². The van der Waals surface area contributed by atoms with Gasteiger partial charge in [0.05, 0.1) is 31.3 Å². The number of aliphatic hydroxyl groups is 1. The number of nitrogens with one attached hydrogen (secondary N) is 4. The summed E-state index contributed by atoms with van der Waals surface area (Å²) in [5, 5.41) is 42.8. The molecule has 0 saturated heterocycles. The first kappa shape index (κ1) is 28.0. The van der Waals surface area contributed by atoms with E-state index >= 15 is 0 Å². The number of carbonyl (C=O) groups excluding carboxylic acids is 3. The summed E-state index contributed by atoms with van der Waals surface area (Å²) in [6.45, 7) is 1.08. The zero-order valence-corrected chi connectivity index (χ0v) is 17.9. The Morgan fingerprint density at radius 3 is 1.97 bits per heavy atom. The number of hydrogen-bond acceptors (Lipinski definition) is 9. The van der Waals surface area contributed by atoms with Crippen LogP contribution in [0.1, 0.15) is 25.5 Å². The summed E-state index contributed by atoms with van der Waals surface area (Å²) < 4.78 is 0. The second-order valence-electron chi connectivity index (χ2n) is 7.27. The highest BCUT2D eigenvalue weighted by Crippen LogP contribution is 2.04. The normalized spacial score (nSPS) is 15.1. The van der Waals surface area contributed by atoms with E-state index in [-0.39, 0.29) is 6.42 Å². The zero-order valence-electron chi connectivity index (χ0n) is 17.9. The van der Waals surface area contributed by atoms with Gasteiger partial charge in [0.25, 0.3) is 0 Å². The van der Waals surface area contributed by atoms with Gasteiger partial charge in [0, 0.05) is 18.3 Å². The molecule has 1 aromatic rings. The van der Waals surface area contributed by atoms with Gasteiger partial charge in [0.15, 0.2) is 6.04 Å². The minimum atomic E-state index is -1.78. The molecule has 0 aliphatic heterocycles. The lowest BCUT2D eigenvalue weighted by Crippen LogP contribution is -2.59. The van der Waals surface area contributed by atoms with Crippen molar-refractivity contribution in [3.8, 4) is 0 Å². The molecule has 188 valence electrons. The van der Waals surface area contributed by atoms with Crippen LogP contribution in [0, 0.1) is 0 Å². The average molecular weight is 486 g/mol. The van der Waals surface area contributed by atoms with Crippen LogP contribution >= 0.6 is 0 Å². The number of carboxylic acids is 3. The van der Waals surface area contributed by atoms with E-state index < -0.39 is 78.7 Å². The van der Waals surface area contributed by atoms with Crippen molar-refractivity contribution >= 4 is 35.6 Å². The molecule has 5 atom stereocenters. The molecule has 0 aromatic carbocycles. The van der Waals surface area contributed by atoms with Crippen molar-refractivity contribution in [3.05, 3.63) is 18.2 Å². The number of imidazole rings is 1. The van der Waals surface area contributed by atoms with Crippen LogP contribution in [-0.2, 0) is 35.2 Å². The Hall–Kier alpha value is -4.05. The van der Waals surface area contributed by atoms with E-state index in [1.165, 1.54) is 12.5 Å². The van der Waals surface area contributed by atoms with Gasteiger partial charge in [0.1, 0.15) is 12.1 Å². The van der Waals surface area contributed by atoms with Gasteiger partial charge in [-0.15, -0.1) is 0 Å². The lowest BCUT2D eigenvalue weighted by molar-refractivity contribution is -0.146. The van der Waals surface area contributed by atoms with E-state index in [1.54, 1.807) is 0 Å². The van der Waals surface area contributed by atoms with Gasteiger partial charge >= 0.3 is 17.9 Å².